The van der Waals surface area contributed by atoms with Crippen LogP contribution in [0.4, 0.5) is 5.82 Å². The molecule has 0 bridgehead atoms. The first-order chi connectivity index (χ1) is 8.06. The fourth-order valence-electron chi connectivity index (χ4n) is 1.17. The quantitative estimate of drug-likeness (QED) is 0.773. The lowest BCUT2D eigenvalue weighted by atomic mass is 10.3. The first kappa shape index (κ1) is 13.4. The van der Waals surface area contributed by atoms with Crippen molar-refractivity contribution < 1.29 is 14.3 Å². The van der Waals surface area contributed by atoms with E-state index in [1.165, 1.54) is 7.11 Å². The molecule has 0 aromatic carbocycles. The summed E-state index contributed by atoms with van der Waals surface area (Å²) in [6, 6.07) is 1.76. The van der Waals surface area contributed by atoms with Gasteiger partial charge in [0.1, 0.15) is 5.82 Å². The molecule has 0 aliphatic carbocycles. The van der Waals surface area contributed by atoms with Gasteiger partial charge in [0, 0.05) is 25.4 Å². The number of nitrogens with zero attached hydrogens (tertiary/aromatic N) is 2. The largest absolute Gasteiger partial charge is 0.463 e. The molecule has 6 nitrogen and oxygen atoms in total. The summed E-state index contributed by atoms with van der Waals surface area (Å²) in [5.74, 6) is 0.0957. The Hall–Kier alpha value is -1.69. The second-order valence-corrected chi connectivity index (χ2v) is 3.64. The fourth-order valence-corrected chi connectivity index (χ4v) is 1.17. The van der Waals surface area contributed by atoms with Crippen molar-refractivity contribution in [3.63, 3.8) is 0 Å². The van der Waals surface area contributed by atoms with Gasteiger partial charge in [-0.1, -0.05) is 0 Å². The van der Waals surface area contributed by atoms with Crippen LogP contribution in [0.25, 0.3) is 0 Å². The Balaban J connectivity index is 2.79. The van der Waals surface area contributed by atoms with E-state index < -0.39 is 5.97 Å². The monoisotopic (exact) mass is 239 g/mol. The van der Waals surface area contributed by atoms with Gasteiger partial charge in [0.15, 0.2) is 0 Å². The Bertz CT molecular complexity index is 396. The molecule has 0 radical (unpaired) electrons. The predicted molar refractivity (Wildman–Crippen MR) is 63.1 cm³/mol. The maximum atomic E-state index is 11.3. The molecule has 0 saturated carbocycles. The molecular weight excluding hydrogens is 222 g/mol. The zero-order valence-corrected chi connectivity index (χ0v) is 10.5. The number of hydrogen-bond acceptors (Lipinski definition) is 6. The summed E-state index contributed by atoms with van der Waals surface area (Å²) in [4.78, 5) is 19.4. The lowest BCUT2D eigenvalue weighted by Crippen LogP contribution is -2.19. The van der Waals surface area contributed by atoms with Crippen molar-refractivity contribution in [2.75, 3.05) is 26.1 Å². The number of anilines is 1. The lowest BCUT2D eigenvalue weighted by molar-refractivity contribution is 0.0586. The molecular formula is C11H17N3O3. The highest BCUT2D eigenvalue weighted by atomic mass is 16.5. The summed E-state index contributed by atoms with van der Waals surface area (Å²) in [5, 5.41) is 3.07. The maximum Gasteiger partial charge on any atom is 0.376 e. The Labute approximate surface area is 100 Å². The number of esters is 1. The lowest BCUT2D eigenvalue weighted by Gasteiger charge is -2.11. The van der Waals surface area contributed by atoms with Crippen LogP contribution in [-0.2, 0) is 9.47 Å². The van der Waals surface area contributed by atoms with Crippen molar-refractivity contribution in [3.05, 3.63) is 17.6 Å². The summed E-state index contributed by atoms with van der Waals surface area (Å²) < 4.78 is 9.68. The van der Waals surface area contributed by atoms with Crippen molar-refractivity contribution in [3.8, 4) is 0 Å². The van der Waals surface area contributed by atoms with E-state index >= 15 is 0 Å². The summed E-state index contributed by atoms with van der Waals surface area (Å²) in [6.45, 7) is 4.33. The first-order valence-corrected chi connectivity index (χ1v) is 5.27. The van der Waals surface area contributed by atoms with Crippen LogP contribution in [0.2, 0.25) is 0 Å². The van der Waals surface area contributed by atoms with Crippen molar-refractivity contribution in [1.82, 2.24) is 9.97 Å². The van der Waals surface area contributed by atoms with Gasteiger partial charge in [-0.2, -0.15) is 0 Å². The minimum Gasteiger partial charge on any atom is -0.463 e. The first-order valence-electron chi connectivity index (χ1n) is 5.27. The second-order valence-electron chi connectivity index (χ2n) is 3.64. The van der Waals surface area contributed by atoms with Crippen LogP contribution in [0.5, 0.6) is 0 Å². The van der Waals surface area contributed by atoms with Gasteiger partial charge in [-0.3, -0.25) is 0 Å². The SMILES string of the molecule is COC(=O)c1nc(C)cc(NCC(C)OC)n1. The van der Waals surface area contributed by atoms with Gasteiger partial charge in [-0.15, -0.1) is 0 Å². The number of carbonyl (C=O) groups excluding carboxylic acids is 1. The Morgan fingerprint density at radius 3 is 2.76 bits per heavy atom. The number of aromatic nitrogens is 2. The highest BCUT2D eigenvalue weighted by Crippen LogP contribution is 2.07. The summed E-state index contributed by atoms with van der Waals surface area (Å²) in [5.41, 5.74) is 0.702. The van der Waals surface area contributed by atoms with Crippen LogP contribution in [-0.4, -0.2) is 42.8 Å². The van der Waals surface area contributed by atoms with Crippen molar-refractivity contribution in [1.29, 1.82) is 0 Å². The van der Waals surface area contributed by atoms with E-state index in [0.717, 1.165) is 0 Å². The second kappa shape index (κ2) is 6.15. The molecule has 1 N–H and O–H groups in total. The molecule has 1 aromatic heterocycles. The predicted octanol–water partition coefficient (Wildman–Crippen LogP) is 1.02. The Morgan fingerprint density at radius 2 is 2.18 bits per heavy atom. The molecule has 1 rings (SSSR count). The van der Waals surface area contributed by atoms with Crippen LogP contribution in [0.1, 0.15) is 23.2 Å². The standard InChI is InChI=1S/C11H17N3O3/c1-7-5-9(12-6-8(2)16-3)14-10(13-7)11(15)17-4/h5,8H,6H2,1-4H3,(H,12,13,14). The Morgan fingerprint density at radius 1 is 1.47 bits per heavy atom. The highest BCUT2D eigenvalue weighted by Gasteiger charge is 2.11. The number of carbonyl (C=O) groups is 1. The average Bonchev–Trinajstić information content (AvgIpc) is 2.34. The van der Waals surface area contributed by atoms with Gasteiger partial charge >= 0.3 is 5.97 Å². The molecule has 0 fully saturated rings. The molecule has 0 aliphatic rings. The van der Waals surface area contributed by atoms with E-state index in [2.05, 4.69) is 20.0 Å². The number of nitrogens with one attached hydrogen (secondary N) is 1. The molecule has 17 heavy (non-hydrogen) atoms. The molecule has 94 valence electrons. The zero-order valence-electron chi connectivity index (χ0n) is 10.5. The third-order valence-corrected chi connectivity index (χ3v) is 2.20. The normalized spacial score (nSPS) is 12.0. The molecule has 6 heteroatoms. The van der Waals surface area contributed by atoms with Crippen LogP contribution in [0, 0.1) is 6.92 Å². The molecule has 0 saturated heterocycles. The number of methoxy groups -OCH3 is 2. The van der Waals surface area contributed by atoms with E-state index in [1.807, 2.05) is 6.92 Å². The molecule has 1 aromatic rings. The maximum absolute atomic E-state index is 11.3. The smallest absolute Gasteiger partial charge is 0.376 e. The van der Waals surface area contributed by atoms with Crippen LogP contribution >= 0.6 is 0 Å². The van der Waals surface area contributed by atoms with Crippen molar-refractivity contribution in [2.45, 2.75) is 20.0 Å². The molecule has 1 heterocycles. The molecule has 0 aliphatic heterocycles. The minimum atomic E-state index is -0.545. The topological polar surface area (TPSA) is 73.3 Å². The van der Waals surface area contributed by atoms with E-state index in [9.17, 15) is 4.79 Å². The minimum absolute atomic E-state index is 0.0556. The van der Waals surface area contributed by atoms with Gasteiger partial charge in [0.2, 0.25) is 5.82 Å². The number of rotatable bonds is 5. The molecule has 1 atom stereocenters. The van der Waals surface area contributed by atoms with Crippen molar-refractivity contribution >= 4 is 11.8 Å². The van der Waals surface area contributed by atoms with Crippen LogP contribution < -0.4 is 5.32 Å². The number of aryl methyl sites for hydroxylation is 1. The van der Waals surface area contributed by atoms with Crippen LogP contribution in [0.3, 0.4) is 0 Å². The summed E-state index contributed by atoms with van der Waals surface area (Å²) in [6.07, 6.45) is 0.0619. The highest BCUT2D eigenvalue weighted by molar-refractivity contribution is 5.85. The van der Waals surface area contributed by atoms with E-state index in [-0.39, 0.29) is 11.9 Å². The number of ether oxygens (including phenoxy) is 2. The number of hydrogen-bond donors (Lipinski definition) is 1. The van der Waals surface area contributed by atoms with Gasteiger partial charge in [0.25, 0.3) is 0 Å². The Kier molecular flexibility index (Phi) is 4.84. The molecule has 0 spiro atoms. The summed E-state index contributed by atoms with van der Waals surface area (Å²) >= 11 is 0. The van der Waals surface area contributed by atoms with Gasteiger partial charge in [-0.25, -0.2) is 14.8 Å². The average molecular weight is 239 g/mol. The molecule has 0 amide bonds. The van der Waals surface area contributed by atoms with Gasteiger partial charge < -0.3 is 14.8 Å². The fraction of sp³-hybridized carbons (Fsp3) is 0.545. The van der Waals surface area contributed by atoms with Crippen molar-refractivity contribution in [2.24, 2.45) is 0 Å². The summed E-state index contributed by atoms with van der Waals surface area (Å²) in [7, 11) is 2.94. The van der Waals surface area contributed by atoms with E-state index in [4.69, 9.17) is 4.74 Å². The zero-order chi connectivity index (χ0) is 12.8. The van der Waals surface area contributed by atoms with E-state index in [1.54, 1.807) is 20.1 Å². The third kappa shape index (κ3) is 3.99. The van der Waals surface area contributed by atoms with Gasteiger partial charge in [-0.05, 0) is 13.8 Å². The third-order valence-electron chi connectivity index (χ3n) is 2.20. The molecule has 1 unspecified atom stereocenters. The van der Waals surface area contributed by atoms with Gasteiger partial charge in [0.05, 0.1) is 13.2 Å². The van der Waals surface area contributed by atoms with E-state index in [0.29, 0.717) is 18.1 Å². The van der Waals surface area contributed by atoms with Crippen LogP contribution in [0.15, 0.2) is 6.07 Å².